The molecule has 0 aliphatic heterocycles. The van der Waals surface area contributed by atoms with Crippen molar-refractivity contribution in [3.8, 4) is 5.75 Å². The molecule has 1 unspecified atom stereocenters. The van der Waals surface area contributed by atoms with Crippen molar-refractivity contribution >= 4 is 15.9 Å². The van der Waals surface area contributed by atoms with Crippen LogP contribution in [0.25, 0.3) is 0 Å². The summed E-state index contributed by atoms with van der Waals surface area (Å²) < 4.78 is 6.25. The fourth-order valence-corrected chi connectivity index (χ4v) is 2.16. The van der Waals surface area contributed by atoms with Gasteiger partial charge in [-0.2, -0.15) is 0 Å². The van der Waals surface area contributed by atoms with Gasteiger partial charge in [0.2, 0.25) is 0 Å². The first-order chi connectivity index (χ1) is 9.10. The minimum atomic E-state index is -0.621. The molecule has 1 atom stereocenters. The average molecular weight is 322 g/mol. The SMILES string of the molecule is COc1cc(C)ccc1C(O)Cc1ccc(Br)cn1. The zero-order chi connectivity index (χ0) is 13.8. The lowest BCUT2D eigenvalue weighted by molar-refractivity contribution is 0.173. The molecule has 1 N–H and O–H groups in total. The first kappa shape index (κ1) is 14.0. The molecule has 19 heavy (non-hydrogen) atoms. The summed E-state index contributed by atoms with van der Waals surface area (Å²) in [5.41, 5.74) is 2.74. The van der Waals surface area contributed by atoms with E-state index in [1.165, 1.54) is 0 Å². The molecule has 0 aliphatic carbocycles. The number of ether oxygens (including phenoxy) is 1. The highest BCUT2D eigenvalue weighted by Crippen LogP contribution is 2.28. The van der Waals surface area contributed by atoms with Gasteiger partial charge in [-0.15, -0.1) is 0 Å². The van der Waals surface area contributed by atoms with Gasteiger partial charge in [0.1, 0.15) is 5.75 Å². The van der Waals surface area contributed by atoms with Gasteiger partial charge in [-0.25, -0.2) is 0 Å². The van der Waals surface area contributed by atoms with Gasteiger partial charge in [0.15, 0.2) is 0 Å². The van der Waals surface area contributed by atoms with Crippen LogP contribution in [0.3, 0.4) is 0 Å². The number of pyridine rings is 1. The van der Waals surface area contributed by atoms with Crippen LogP contribution in [0.5, 0.6) is 5.75 Å². The smallest absolute Gasteiger partial charge is 0.124 e. The second-order valence-electron chi connectivity index (χ2n) is 4.43. The Labute approximate surface area is 121 Å². The molecule has 3 nitrogen and oxygen atoms in total. The lowest BCUT2D eigenvalue weighted by atomic mass is 10.0. The number of rotatable bonds is 4. The minimum absolute atomic E-state index is 0.465. The number of methoxy groups -OCH3 is 1. The maximum absolute atomic E-state index is 10.3. The summed E-state index contributed by atoms with van der Waals surface area (Å²) in [7, 11) is 1.61. The number of nitrogens with zero attached hydrogens (tertiary/aromatic N) is 1. The first-order valence-electron chi connectivity index (χ1n) is 6.03. The van der Waals surface area contributed by atoms with Crippen molar-refractivity contribution in [2.24, 2.45) is 0 Å². The largest absolute Gasteiger partial charge is 0.496 e. The number of hydrogen-bond donors (Lipinski definition) is 1. The molecule has 1 aromatic heterocycles. The van der Waals surface area contributed by atoms with Crippen LogP contribution in [-0.2, 0) is 6.42 Å². The second kappa shape index (κ2) is 6.17. The third-order valence-corrected chi connectivity index (χ3v) is 3.41. The molecule has 0 amide bonds. The van der Waals surface area contributed by atoms with Crippen LogP contribution in [0.4, 0.5) is 0 Å². The molecule has 0 fully saturated rings. The Morgan fingerprint density at radius 1 is 1.32 bits per heavy atom. The minimum Gasteiger partial charge on any atom is -0.496 e. The van der Waals surface area contributed by atoms with Crippen molar-refractivity contribution < 1.29 is 9.84 Å². The van der Waals surface area contributed by atoms with E-state index in [4.69, 9.17) is 4.74 Å². The highest BCUT2D eigenvalue weighted by Gasteiger charge is 2.14. The molecule has 1 aromatic carbocycles. The van der Waals surface area contributed by atoms with Gasteiger partial charge < -0.3 is 9.84 Å². The van der Waals surface area contributed by atoms with Gasteiger partial charge >= 0.3 is 0 Å². The standard InChI is InChI=1S/C15H16BrNO2/c1-10-3-6-13(15(7-10)19-2)14(18)8-12-5-4-11(16)9-17-12/h3-7,9,14,18H,8H2,1-2H3. The Balaban J connectivity index is 2.19. The fourth-order valence-electron chi connectivity index (χ4n) is 1.93. The second-order valence-corrected chi connectivity index (χ2v) is 5.35. The van der Waals surface area contributed by atoms with Crippen LogP contribution in [0, 0.1) is 6.92 Å². The number of aryl methyl sites for hydroxylation is 1. The summed E-state index contributed by atoms with van der Waals surface area (Å²) >= 11 is 3.34. The van der Waals surface area contributed by atoms with Crippen LogP contribution >= 0.6 is 15.9 Å². The van der Waals surface area contributed by atoms with Crippen molar-refractivity contribution in [3.05, 3.63) is 57.8 Å². The van der Waals surface area contributed by atoms with Crippen LogP contribution in [-0.4, -0.2) is 17.2 Å². The van der Waals surface area contributed by atoms with Gasteiger partial charge in [0, 0.05) is 28.3 Å². The molecule has 0 saturated carbocycles. The highest BCUT2D eigenvalue weighted by atomic mass is 79.9. The van der Waals surface area contributed by atoms with Crippen LogP contribution in [0.2, 0.25) is 0 Å². The van der Waals surface area contributed by atoms with Crippen molar-refractivity contribution in [1.29, 1.82) is 0 Å². The first-order valence-corrected chi connectivity index (χ1v) is 6.82. The normalized spacial score (nSPS) is 12.2. The zero-order valence-corrected chi connectivity index (χ0v) is 12.5. The molecule has 4 heteroatoms. The summed E-state index contributed by atoms with van der Waals surface area (Å²) in [5.74, 6) is 0.713. The lowest BCUT2D eigenvalue weighted by Gasteiger charge is -2.15. The molecule has 0 radical (unpaired) electrons. The van der Waals surface area contributed by atoms with E-state index in [1.54, 1.807) is 13.3 Å². The van der Waals surface area contributed by atoms with Gasteiger partial charge in [-0.05, 0) is 46.6 Å². The topological polar surface area (TPSA) is 42.4 Å². The fraction of sp³-hybridized carbons (Fsp3) is 0.267. The number of benzene rings is 1. The number of aliphatic hydroxyl groups is 1. The number of aliphatic hydroxyl groups excluding tert-OH is 1. The molecule has 2 rings (SSSR count). The van der Waals surface area contributed by atoms with E-state index in [-0.39, 0.29) is 0 Å². The molecule has 100 valence electrons. The summed E-state index contributed by atoms with van der Waals surface area (Å²) in [6.45, 7) is 1.99. The lowest BCUT2D eigenvalue weighted by Crippen LogP contribution is -2.05. The molecule has 0 aliphatic rings. The van der Waals surface area contributed by atoms with Crippen molar-refractivity contribution in [2.45, 2.75) is 19.4 Å². The van der Waals surface area contributed by atoms with Crippen molar-refractivity contribution in [3.63, 3.8) is 0 Å². The molecule has 1 heterocycles. The summed E-state index contributed by atoms with van der Waals surface area (Å²) in [4.78, 5) is 4.27. The van der Waals surface area contributed by atoms with Crippen molar-refractivity contribution in [2.75, 3.05) is 7.11 Å². The highest BCUT2D eigenvalue weighted by molar-refractivity contribution is 9.10. The molecule has 0 saturated heterocycles. The van der Waals surface area contributed by atoms with Crippen molar-refractivity contribution in [1.82, 2.24) is 4.98 Å². The summed E-state index contributed by atoms with van der Waals surface area (Å²) in [6, 6.07) is 9.61. The van der Waals surface area contributed by atoms with E-state index in [2.05, 4.69) is 20.9 Å². The molecular formula is C15H16BrNO2. The average Bonchev–Trinajstić information content (AvgIpc) is 2.41. The van der Waals surface area contributed by atoms with E-state index in [0.717, 1.165) is 21.3 Å². The van der Waals surface area contributed by atoms with E-state index in [1.807, 2.05) is 37.3 Å². The van der Waals surface area contributed by atoms with E-state index >= 15 is 0 Å². The zero-order valence-electron chi connectivity index (χ0n) is 10.9. The molecule has 2 aromatic rings. The molecule has 0 bridgehead atoms. The van der Waals surface area contributed by atoms with Crippen LogP contribution in [0.1, 0.15) is 22.9 Å². The van der Waals surface area contributed by atoms with Gasteiger partial charge in [-0.3, -0.25) is 4.98 Å². The Hall–Kier alpha value is -1.39. The van der Waals surface area contributed by atoms with Gasteiger partial charge in [0.25, 0.3) is 0 Å². The summed E-state index contributed by atoms with van der Waals surface area (Å²) in [6.07, 6.45) is 1.57. The summed E-state index contributed by atoms with van der Waals surface area (Å²) in [5, 5.41) is 10.3. The van der Waals surface area contributed by atoms with Crippen LogP contribution in [0.15, 0.2) is 41.0 Å². The Morgan fingerprint density at radius 3 is 2.74 bits per heavy atom. The van der Waals surface area contributed by atoms with E-state index < -0.39 is 6.10 Å². The van der Waals surface area contributed by atoms with Gasteiger partial charge in [0.05, 0.1) is 13.2 Å². The van der Waals surface area contributed by atoms with E-state index in [0.29, 0.717) is 12.2 Å². The number of aromatic nitrogens is 1. The number of halogens is 1. The Morgan fingerprint density at radius 2 is 2.11 bits per heavy atom. The predicted molar refractivity (Wildman–Crippen MR) is 78.3 cm³/mol. The Bertz CT molecular complexity index is 555. The number of hydrogen-bond acceptors (Lipinski definition) is 3. The quantitative estimate of drug-likeness (QED) is 0.938. The van der Waals surface area contributed by atoms with Gasteiger partial charge in [-0.1, -0.05) is 12.1 Å². The Kier molecular flexibility index (Phi) is 4.56. The maximum Gasteiger partial charge on any atom is 0.124 e. The molecule has 0 spiro atoms. The van der Waals surface area contributed by atoms with E-state index in [9.17, 15) is 5.11 Å². The predicted octanol–water partition coefficient (Wildman–Crippen LogP) is 3.44. The molecular weight excluding hydrogens is 306 g/mol. The van der Waals surface area contributed by atoms with Crippen LogP contribution < -0.4 is 4.74 Å². The third kappa shape index (κ3) is 3.55. The maximum atomic E-state index is 10.3. The monoisotopic (exact) mass is 321 g/mol. The third-order valence-electron chi connectivity index (χ3n) is 2.94.